The third kappa shape index (κ3) is 1.55. The van der Waals surface area contributed by atoms with Crippen LogP contribution in [0.1, 0.15) is 31.2 Å². The van der Waals surface area contributed by atoms with E-state index in [4.69, 9.17) is 0 Å². The second-order valence-electron chi connectivity index (χ2n) is 3.88. The van der Waals surface area contributed by atoms with E-state index in [9.17, 15) is 10.2 Å². The van der Waals surface area contributed by atoms with Gasteiger partial charge in [-0.15, -0.1) is 0 Å². The third-order valence-electron chi connectivity index (χ3n) is 2.91. The van der Waals surface area contributed by atoms with Crippen molar-refractivity contribution in [2.24, 2.45) is 0 Å². The van der Waals surface area contributed by atoms with Crippen molar-refractivity contribution < 1.29 is 10.2 Å². The van der Waals surface area contributed by atoms with Crippen LogP contribution in [0.25, 0.3) is 0 Å². The van der Waals surface area contributed by atoms with Crippen molar-refractivity contribution in [1.82, 2.24) is 0 Å². The highest BCUT2D eigenvalue weighted by molar-refractivity contribution is 9.10. The fraction of sp³-hybridized carbons (Fsp3) is 0.455. The summed E-state index contributed by atoms with van der Waals surface area (Å²) in [6, 6.07) is 5.26. The van der Waals surface area contributed by atoms with Crippen molar-refractivity contribution in [3.63, 3.8) is 0 Å². The minimum atomic E-state index is -0.739. The van der Waals surface area contributed by atoms with Crippen LogP contribution in [-0.4, -0.2) is 10.2 Å². The summed E-state index contributed by atoms with van der Waals surface area (Å²) in [5.41, 5.74) is 0.0763. The first-order valence-electron chi connectivity index (χ1n) is 4.84. The second kappa shape index (κ2) is 3.55. The Labute approximate surface area is 91.7 Å². The van der Waals surface area contributed by atoms with Gasteiger partial charge in [0.2, 0.25) is 0 Å². The van der Waals surface area contributed by atoms with Crippen LogP contribution < -0.4 is 0 Å². The molecule has 1 aromatic rings. The zero-order chi connectivity index (χ0) is 10.2. The summed E-state index contributed by atoms with van der Waals surface area (Å²) in [5.74, 6) is 0.197. The van der Waals surface area contributed by atoms with E-state index in [0.717, 1.165) is 31.2 Å². The molecular formula is C11H13BrO2. The molecule has 0 atom stereocenters. The molecule has 0 heterocycles. The van der Waals surface area contributed by atoms with Gasteiger partial charge in [0.05, 0.1) is 10.1 Å². The number of phenols is 1. The summed E-state index contributed by atoms with van der Waals surface area (Å²) < 4.78 is 0.629. The molecule has 76 valence electrons. The lowest BCUT2D eigenvalue weighted by atomic mass is 9.92. The lowest BCUT2D eigenvalue weighted by molar-refractivity contribution is 0.0435. The average Bonchev–Trinajstić information content (AvgIpc) is 2.58. The largest absolute Gasteiger partial charge is 0.507 e. The van der Waals surface area contributed by atoms with Gasteiger partial charge in [0, 0.05) is 5.56 Å². The van der Waals surface area contributed by atoms with Crippen molar-refractivity contribution in [3.8, 4) is 5.75 Å². The molecule has 3 heteroatoms. The van der Waals surface area contributed by atoms with E-state index < -0.39 is 5.60 Å². The zero-order valence-electron chi connectivity index (χ0n) is 7.83. The summed E-state index contributed by atoms with van der Waals surface area (Å²) in [7, 11) is 0. The maximum Gasteiger partial charge on any atom is 0.130 e. The van der Waals surface area contributed by atoms with Gasteiger partial charge >= 0.3 is 0 Å². The number of rotatable bonds is 1. The Morgan fingerprint density at radius 3 is 2.50 bits per heavy atom. The van der Waals surface area contributed by atoms with Crippen LogP contribution in [0.2, 0.25) is 0 Å². The number of benzene rings is 1. The molecule has 1 aliphatic carbocycles. The van der Waals surface area contributed by atoms with Crippen LogP contribution in [0.3, 0.4) is 0 Å². The fourth-order valence-electron chi connectivity index (χ4n) is 2.11. The molecule has 2 nitrogen and oxygen atoms in total. The van der Waals surface area contributed by atoms with Gasteiger partial charge in [-0.05, 0) is 34.8 Å². The number of hydrogen-bond acceptors (Lipinski definition) is 2. The minimum absolute atomic E-state index is 0.197. The molecule has 0 aliphatic heterocycles. The smallest absolute Gasteiger partial charge is 0.130 e. The summed E-state index contributed by atoms with van der Waals surface area (Å²) in [6.07, 6.45) is 3.68. The molecule has 0 amide bonds. The maximum absolute atomic E-state index is 10.3. The highest BCUT2D eigenvalue weighted by Gasteiger charge is 2.34. The summed E-state index contributed by atoms with van der Waals surface area (Å²) in [5, 5.41) is 19.8. The fourth-order valence-corrected chi connectivity index (χ4v) is 2.74. The topological polar surface area (TPSA) is 40.5 Å². The monoisotopic (exact) mass is 256 g/mol. The quantitative estimate of drug-likeness (QED) is 0.812. The van der Waals surface area contributed by atoms with Crippen molar-refractivity contribution >= 4 is 15.9 Å². The number of halogens is 1. The Morgan fingerprint density at radius 1 is 1.21 bits per heavy atom. The summed E-state index contributed by atoms with van der Waals surface area (Å²) in [6.45, 7) is 0. The molecule has 0 unspecified atom stereocenters. The number of aliphatic hydroxyl groups is 1. The van der Waals surface area contributed by atoms with Crippen LogP contribution in [0.4, 0.5) is 0 Å². The molecule has 0 spiro atoms. The average molecular weight is 257 g/mol. The molecule has 0 aromatic heterocycles. The normalized spacial score (nSPS) is 19.9. The number of phenolic OH excluding ortho intramolecular Hbond substituents is 1. The molecule has 1 aliphatic rings. The lowest BCUT2D eigenvalue weighted by Gasteiger charge is -2.24. The van der Waals surface area contributed by atoms with Crippen LogP contribution in [0.5, 0.6) is 5.75 Å². The molecule has 2 rings (SSSR count). The maximum atomic E-state index is 10.3. The van der Waals surface area contributed by atoms with Gasteiger partial charge < -0.3 is 10.2 Å². The number of hydrogen-bond donors (Lipinski definition) is 2. The van der Waals surface area contributed by atoms with Crippen LogP contribution in [0, 0.1) is 0 Å². The Hall–Kier alpha value is -0.540. The predicted molar refractivity (Wildman–Crippen MR) is 58.2 cm³/mol. The Bertz CT molecular complexity index is 343. The second-order valence-corrected chi connectivity index (χ2v) is 4.67. The lowest BCUT2D eigenvalue weighted by Crippen LogP contribution is -2.21. The standard InChI is InChI=1S/C11H13BrO2/c12-10-8(4-3-5-9(10)13)11(14)6-1-2-7-11/h3-5,13-14H,1-2,6-7H2. The van der Waals surface area contributed by atoms with E-state index in [0.29, 0.717) is 4.47 Å². The van der Waals surface area contributed by atoms with Gasteiger partial charge in [-0.1, -0.05) is 25.0 Å². The van der Waals surface area contributed by atoms with E-state index in [1.165, 1.54) is 0 Å². The first kappa shape index (κ1) is 9.99. The molecule has 0 radical (unpaired) electrons. The highest BCUT2D eigenvalue weighted by atomic mass is 79.9. The summed E-state index contributed by atoms with van der Waals surface area (Å²) >= 11 is 3.32. The van der Waals surface area contributed by atoms with Gasteiger partial charge in [0.25, 0.3) is 0 Å². The Kier molecular flexibility index (Phi) is 2.54. The van der Waals surface area contributed by atoms with Crippen LogP contribution in [0.15, 0.2) is 22.7 Å². The summed E-state index contributed by atoms with van der Waals surface area (Å²) in [4.78, 5) is 0. The van der Waals surface area contributed by atoms with E-state index in [1.807, 2.05) is 6.07 Å². The van der Waals surface area contributed by atoms with E-state index in [1.54, 1.807) is 12.1 Å². The first-order chi connectivity index (χ1) is 6.63. The van der Waals surface area contributed by atoms with Gasteiger partial charge in [0.1, 0.15) is 5.75 Å². The van der Waals surface area contributed by atoms with E-state index in [-0.39, 0.29) is 5.75 Å². The third-order valence-corrected chi connectivity index (χ3v) is 3.74. The molecule has 2 N–H and O–H groups in total. The Balaban J connectivity index is 2.45. The molecule has 0 saturated heterocycles. The van der Waals surface area contributed by atoms with Gasteiger partial charge in [0.15, 0.2) is 0 Å². The van der Waals surface area contributed by atoms with Crippen molar-refractivity contribution in [3.05, 3.63) is 28.2 Å². The molecule has 0 bridgehead atoms. The van der Waals surface area contributed by atoms with Crippen molar-refractivity contribution in [1.29, 1.82) is 0 Å². The van der Waals surface area contributed by atoms with E-state index in [2.05, 4.69) is 15.9 Å². The first-order valence-corrected chi connectivity index (χ1v) is 5.63. The molecule has 1 aromatic carbocycles. The number of aromatic hydroxyl groups is 1. The van der Waals surface area contributed by atoms with Crippen molar-refractivity contribution in [2.45, 2.75) is 31.3 Å². The minimum Gasteiger partial charge on any atom is -0.507 e. The van der Waals surface area contributed by atoms with Crippen LogP contribution >= 0.6 is 15.9 Å². The van der Waals surface area contributed by atoms with E-state index >= 15 is 0 Å². The Morgan fingerprint density at radius 2 is 1.86 bits per heavy atom. The van der Waals surface area contributed by atoms with Gasteiger partial charge in [-0.25, -0.2) is 0 Å². The van der Waals surface area contributed by atoms with Crippen LogP contribution in [-0.2, 0) is 5.60 Å². The molecule has 1 fully saturated rings. The van der Waals surface area contributed by atoms with Gasteiger partial charge in [-0.2, -0.15) is 0 Å². The SMILES string of the molecule is Oc1cccc(C2(O)CCCC2)c1Br. The highest BCUT2D eigenvalue weighted by Crippen LogP contribution is 2.43. The zero-order valence-corrected chi connectivity index (χ0v) is 9.42. The molecule has 1 saturated carbocycles. The predicted octanol–water partition coefficient (Wildman–Crippen LogP) is 2.92. The van der Waals surface area contributed by atoms with Crippen molar-refractivity contribution in [2.75, 3.05) is 0 Å². The molecule has 14 heavy (non-hydrogen) atoms. The molecular weight excluding hydrogens is 244 g/mol. The van der Waals surface area contributed by atoms with Gasteiger partial charge in [-0.3, -0.25) is 0 Å².